The molecule has 0 aliphatic heterocycles. The molecule has 1 amide bonds. The van der Waals surface area contributed by atoms with E-state index < -0.39 is 27.9 Å². The Labute approximate surface area is 120 Å². The number of nitrogens with zero attached hydrogens (tertiary/aromatic N) is 4. The molecule has 0 atom stereocenters. The first kappa shape index (κ1) is 16.1. The number of benzene rings is 1. The lowest BCUT2D eigenvalue weighted by Crippen LogP contribution is -2.33. The van der Waals surface area contributed by atoms with E-state index >= 15 is 0 Å². The number of amides is 1. The van der Waals surface area contributed by atoms with Crippen LogP contribution < -0.4 is 0 Å². The maximum Gasteiger partial charge on any atom is 0.270 e. The number of nitriles is 2. The molecule has 1 aromatic rings. The number of hydrogen-bond donors (Lipinski definition) is 0. The van der Waals surface area contributed by atoms with E-state index in [1.165, 1.54) is 0 Å². The lowest BCUT2D eigenvalue weighted by atomic mass is 10.1. The maximum absolute atomic E-state index is 13.7. The van der Waals surface area contributed by atoms with Crippen molar-refractivity contribution in [3.05, 3.63) is 39.7 Å². The molecule has 0 spiro atoms. The molecule has 0 bridgehead atoms. The summed E-state index contributed by atoms with van der Waals surface area (Å²) in [6, 6.07) is 6.35. The number of rotatable bonds is 6. The monoisotopic (exact) mass is 290 g/mol. The summed E-state index contributed by atoms with van der Waals surface area (Å²) in [5.41, 5.74) is -0.847. The maximum atomic E-state index is 13.7. The number of carbonyl (C=O) groups is 1. The van der Waals surface area contributed by atoms with Gasteiger partial charge in [0, 0.05) is 25.2 Å². The fourth-order valence-corrected chi connectivity index (χ4v) is 1.65. The molecule has 8 heteroatoms. The minimum atomic E-state index is -0.885. The van der Waals surface area contributed by atoms with Crippen LogP contribution in [0.1, 0.15) is 23.2 Å². The van der Waals surface area contributed by atoms with Gasteiger partial charge in [-0.2, -0.15) is 10.5 Å². The molecule has 0 aromatic heterocycles. The van der Waals surface area contributed by atoms with E-state index in [1.54, 1.807) is 0 Å². The first-order chi connectivity index (χ1) is 10.0. The van der Waals surface area contributed by atoms with Crippen LogP contribution in [-0.4, -0.2) is 28.8 Å². The second-order valence-corrected chi connectivity index (χ2v) is 4.03. The molecule has 0 N–H and O–H groups in total. The quantitative estimate of drug-likeness (QED) is 0.587. The minimum absolute atomic E-state index is 0.0215. The summed E-state index contributed by atoms with van der Waals surface area (Å²) in [7, 11) is 0. The number of non-ortho nitro benzene ring substituents is 1. The second-order valence-electron chi connectivity index (χ2n) is 4.03. The number of nitro groups is 1. The lowest BCUT2D eigenvalue weighted by molar-refractivity contribution is -0.384. The molecule has 21 heavy (non-hydrogen) atoms. The zero-order chi connectivity index (χ0) is 15.8. The molecule has 1 aromatic carbocycles. The van der Waals surface area contributed by atoms with Gasteiger partial charge in [0.25, 0.3) is 11.6 Å². The van der Waals surface area contributed by atoms with Crippen molar-refractivity contribution in [2.45, 2.75) is 12.8 Å². The van der Waals surface area contributed by atoms with E-state index in [4.69, 9.17) is 10.5 Å². The van der Waals surface area contributed by atoms with Gasteiger partial charge < -0.3 is 4.90 Å². The van der Waals surface area contributed by atoms with Gasteiger partial charge >= 0.3 is 0 Å². The highest BCUT2D eigenvalue weighted by Gasteiger charge is 2.21. The van der Waals surface area contributed by atoms with Crippen LogP contribution in [0.4, 0.5) is 10.1 Å². The Morgan fingerprint density at radius 3 is 2.33 bits per heavy atom. The largest absolute Gasteiger partial charge is 0.336 e. The average Bonchev–Trinajstić information content (AvgIpc) is 2.47. The van der Waals surface area contributed by atoms with Crippen molar-refractivity contribution in [2.24, 2.45) is 0 Å². The van der Waals surface area contributed by atoms with Crippen molar-refractivity contribution in [3.63, 3.8) is 0 Å². The summed E-state index contributed by atoms with van der Waals surface area (Å²) in [6.45, 7) is 0.0539. The molecule has 0 aliphatic carbocycles. The van der Waals surface area contributed by atoms with Crippen molar-refractivity contribution in [2.75, 3.05) is 13.1 Å². The Bertz CT molecular complexity index is 615. The molecule has 0 heterocycles. The van der Waals surface area contributed by atoms with Gasteiger partial charge in [-0.25, -0.2) is 4.39 Å². The molecule has 0 fully saturated rings. The number of nitro benzene ring substituents is 1. The normalized spacial score (nSPS) is 9.48. The third-order valence-electron chi connectivity index (χ3n) is 2.67. The molecule has 0 unspecified atom stereocenters. The van der Waals surface area contributed by atoms with Gasteiger partial charge in [0.15, 0.2) is 0 Å². The average molecular weight is 290 g/mol. The van der Waals surface area contributed by atoms with Crippen LogP contribution in [0.3, 0.4) is 0 Å². The van der Waals surface area contributed by atoms with Gasteiger partial charge in [-0.3, -0.25) is 14.9 Å². The van der Waals surface area contributed by atoms with E-state index in [1.807, 2.05) is 12.1 Å². The third kappa shape index (κ3) is 4.25. The highest BCUT2D eigenvalue weighted by molar-refractivity contribution is 5.95. The smallest absolute Gasteiger partial charge is 0.270 e. The molecule has 7 nitrogen and oxygen atoms in total. The van der Waals surface area contributed by atoms with E-state index in [0.29, 0.717) is 0 Å². The first-order valence-electron chi connectivity index (χ1n) is 5.98. The molecular weight excluding hydrogens is 279 g/mol. The molecule has 108 valence electrons. The molecule has 0 radical (unpaired) electrons. The van der Waals surface area contributed by atoms with Crippen LogP contribution in [0.5, 0.6) is 0 Å². The fraction of sp³-hybridized carbons (Fsp3) is 0.308. The summed E-state index contributed by atoms with van der Waals surface area (Å²) in [4.78, 5) is 23.3. The predicted octanol–water partition coefficient (Wildman–Crippen LogP) is 2.00. The number of hydrogen-bond acceptors (Lipinski definition) is 5. The third-order valence-corrected chi connectivity index (χ3v) is 2.67. The van der Waals surface area contributed by atoms with E-state index in [-0.39, 0.29) is 25.9 Å². The Morgan fingerprint density at radius 1 is 1.29 bits per heavy atom. The van der Waals surface area contributed by atoms with Crippen molar-refractivity contribution >= 4 is 11.6 Å². The van der Waals surface area contributed by atoms with Crippen LogP contribution in [0, 0.1) is 38.6 Å². The lowest BCUT2D eigenvalue weighted by Gasteiger charge is -2.20. The van der Waals surface area contributed by atoms with Crippen molar-refractivity contribution in [1.29, 1.82) is 10.5 Å². The standard InChI is InChI=1S/C13H11FN4O3/c14-12-4-3-10(18(20)21)9-11(12)13(19)17(7-1-5-15)8-2-6-16/h3-4,9H,1-2,7-8H2. The Kier molecular flexibility index (Phi) is 5.78. The minimum Gasteiger partial charge on any atom is -0.336 e. The summed E-state index contributed by atoms with van der Waals surface area (Å²) in [6.07, 6.45) is 0.0431. The predicted molar refractivity (Wildman–Crippen MR) is 69.4 cm³/mol. The summed E-state index contributed by atoms with van der Waals surface area (Å²) >= 11 is 0. The van der Waals surface area contributed by atoms with Crippen LogP contribution in [0.2, 0.25) is 0 Å². The van der Waals surface area contributed by atoms with Gasteiger partial charge in [-0.05, 0) is 6.07 Å². The summed E-state index contributed by atoms with van der Waals surface area (Å²) in [5.74, 6) is -1.66. The Hall–Kier alpha value is -3.00. The molecule has 0 aliphatic rings. The summed E-state index contributed by atoms with van der Waals surface area (Å²) < 4.78 is 13.7. The SMILES string of the molecule is N#CCCN(CCC#N)C(=O)c1cc([N+](=O)[O-])ccc1F. The van der Waals surface area contributed by atoms with Crippen molar-refractivity contribution < 1.29 is 14.1 Å². The highest BCUT2D eigenvalue weighted by Crippen LogP contribution is 2.18. The van der Waals surface area contributed by atoms with Gasteiger partial charge in [0.2, 0.25) is 0 Å². The van der Waals surface area contributed by atoms with Gasteiger partial charge in [-0.15, -0.1) is 0 Å². The van der Waals surface area contributed by atoms with E-state index in [9.17, 15) is 19.3 Å². The highest BCUT2D eigenvalue weighted by atomic mass is 19.1. The first-order valence-corrected chi connectivity index (χ1v) is 5.98. The van der Waals surface area contributed by atoms with Gasteiger partial charge in [0.05, 0.1) is 35.5 Å². The van der Waals surface area contributed by atoms with Gasteiger partial charge in [0.1, 0.15) is 5.82 Å². The van der Waals surface area contributed by atoms with Crippen LogP contribution in [0.15, 0.2) is 18.2 Å². The zero-order valence-electron chi connectivity index (χ0n) is 11.0. The Morgan fingerprint density at radius 2 is 1.86 bits per heavy atom. The molecular formula is C13H11FN4O3. The van der Waals surface area contributed by atoms with Crippen molar-refractivity contribution in [3.8, 4) is 12.1 Å². The van der Waals surface area contributed by atoms with Crippen LogP contribution in [-0.2, 0) is 0 Å². The Balaban J connectivity index is 3.07. The molecule has 1 rings (SSSR count). The molecule has 0 saturated carbocycles. The van der Waals surface area contributed by atoms with E-state index in [2.05, 4.69) is 0 Å². The summed E-state index contributed by atoms with van der Waals surface area (Å²) in [5, 5.41) is 27.8. The topological polar surface area (TPSA) is 111 Å². The zero-order valence-corrected chi connectivity index (χ0v) is 11.0. The van der Waals surface area contributed by atoms with Crippen LogP contribution in [0.25, 0.3) is 0 Å². The van der Waals surface area contributed by atoms with Crippen molar-refractivity contribution in [1.82, 2.24) is 4.90 Å². The number of halogens is 1. The fourth-order valence-electron chi connectivity index (χ4n) is 1.65. The second kappa shape index (κ2) is 7.56. The number of carbonyl (C=O) groups excluding carboxylic acids is 1. The van der Waals surface area contributed by atoms with Gasteiger partial charge in [-0.1, -0.05) is 0 Å². The molecule has 0 saturated heterocycles. The van der Waals surface area contributed by atoms with E-state index in [0.717, 1.165) is 23.1 Å². The van der Waals surface area contributed by atoms with Crippen LogP contribution >= 0.6 is 0 Å².